The van der Waals surface area contributed by atoms with Crippen molar-refractivity contribution in [2.45, 2.75) is 65.3 Å². The van der Waals surface area contributed by atoms with Gasteiger partial charge in [0.1, 0.15) is 12.7 Å². The lowest BCUT2D eigenvalue weighted by molar-refractivity contribution is -0.307. The Balaban J connectivity index is 3.22. The maximum absolute atomic E-state index is 11.5. The van der Waals surface area contributed by atoms with Crippen molar-refractivity contribution in [3.8, 4) is 0 Å². The number of hydrogen-bond acceptors (Lipinski definition) is 10. The van der Waals surface area contributed by atoms with Gasteiger partial charge >= 0.3 is 23.9 Å². The van der Waals surface area contributed by atoms with E-state index in [4.69, 9.17) is 28.4 Å². The van der Waals surface area contributed by atoms with Gasteiger partial charge in [-0.25, -0.2) is 0 Å². The second-order valence-corrected chi connectivity index (χ2v) is 5.52. The van der Waals surface area contributed by atoms with Crippen LogP contribution < -0.4 is 0 Å². The molecular formula is C16H24O10. The number of ether oxygens (including phenoxy) is 6. The first kappa shape index (κ1) is 21.8. The third kappa shape index (κ3) is 6.60. The van der Waals surface area contributed by atoms with Gasteiger partial charge in [-0.1, -0.05) is 0 Å². The Morgan fingerprint density at radius 1 is 0.769 bits per heavy atom. The van der Waals surface area contributed by atoms with Crippen LogP contribution in [0.25, 0.3) is 0 Å². The van der Waals surface area contributed by atoms with Gasteiger partial charge in [-0.2, -0.15) is 0 Å². The van der Waals surface area contributed by atoms with Crippen LogP contribution in [-0.4, -0.2) is 67.8 Å². The Morgan fingerprint density at radius 2 is 1.27 bits per heavy atom. The van der Waals surface area contributed by atoms with Crippen LogP contribution in [0.2, 0.25) is 0 Å². The summed E-state index contributed by atoms with van der Waals surface area (Å²) in [7, 11) is 0. The van der Waals surface area contributed by atoms with Crippen LogP contribution in [0, 0.1) is 0 Å². The first-order chi connectivity index (χ1) is 12.1. The van der Waals surface area contributed by atoms with Crippen molar-refractivity contribution < 1.29 is 47.6 Å². The van der Waals surface area contributed by atoms with Crippen molar-refractivity contribution in [3.05, 3.63) is 0 Å². The van der Waals surface area contributed by atoms with Crippen LogP contribution in [0.3, 0.4) is 0 Å². The van der Waals surface area contributed by atoms with Crippen molar-refractivity contribution in [3.63, 3.8) is 0 Å². The summed E-state index contributed by atoms with van der Waals surface area (Å²) < 4.78 is 31.7. The molecule has 0 saturated carbocycles. The van der Waals surface area contributed by atoms with E-state index in [1.807, 2.05) is 0 Å². The fourth-order valence-electron chi connectivity index (χ4n) is 2.49. The van der Waals surface area contributed by atoms with Crippen molar-refractivity contribution in [2.24, 2.45) is 0 Å². The summed E-state index contributed by atoms with van der Waals surface area (Å²) in [6, 6.07) is 0. The van der Waals surface area contributed by atoms with Gasteiger partial charge in [0.15, 0.2) is 24.6 Å². The minimum absolute atomic E-state index is 0.202. The largest absolute Gasteiger partial charge is 0.463 e. The van der Waals surface area contributed by atoms with Gasteiger partial charge in [0, 0.05) is 34.3 Å². The zero-order valence-electron chi connectivity index (χ0n) is 15.4. The molecule has 0 aliphatic carbocycles. The molecule has 0 radical (unpaired) electrons. The summed E-state index contributed by atoms with van der Waals surface area (Å²) in [4.78, 5) is 45.6. The minimum atomic E-state index is -1.20. The second-order valence-electron chi connectivity index (χ2n) is 5.52. The highest BCUT2D eigenvalue weighted by atomic mass is 16.7. The average Bonchev–Trinajstić information content (AvgIpc) is 2.50. The molecule has 148 valence electrons. The van der Waals surface area contributed by atoms with Gasteiger partial charge in [-0.05, 0) is 6.92 Å². The highest BCUT2D eigenvalue weighted by Gasteiger charge is 2.52. The van der Waals surface area contributed by atoms with E-state index in [0.29, 0.717) is 0 Å². The quantitative estimate of drug-likeness (QED) is 0.446. The molecule has 1 fully saturated rings. The lowest BCUT2D eigenvalue weighted by Gasteiger charge is -2.43. The Morgan fingerprint density at radius 3 is 1.73 bits per heavy atom. The second kappa shape index (κ2) is 10.1. The molecular weight excluding hydrogens is 352 g/mol. The molecule has 10 heteroatoms. The molecule has 5 atom stereocenters. The number of esters is 4. The van der Waals surface area contributed by atoms with E-state index < -0.39 is 54.6 Å². The lowest BCUT2D eigenvalue weighted by atomic mass is 9.98. The first-order valence-electron chi connectivity index (χ1n) is 8.07. The van der Waals surface area contributed by atoms with Gasteiger partial charge in [0.25, 0.3) is 0 Å². The van der Waals surface area contributed by atoms with E-state index in [0.717, 1.165) is 13.8 Å². The average molecular weight is 376 g/mol. The molecule has 26 heavy (non-hydrogen) atoms. The van der Waals surface area contributed by atoms with Gasteiger partial charge in [-0.15, -0.1) is 0 Å². The topological polar surface area (TPSA) is 124 Å². The van der Waals surface area contributed by atoms with Crippen LogP contribution in [0.15, 0.2) is 0 Å². The molecule has 0 aromatic heterocycles. The third-order valence-corrected chi connectivity index (χ3v) is 3.28. The normalized spacial score (nSPS) is 28.0. The standard InChI is InChI=1S/C16H24O10/c1-6-21-16-15(25-11(5)20)14(24-10(4)19)13(23-9(3)18)12(26-16)7-22-8(2)17/h12-16H,6-7H2,1-5H3/t12-,13-,14+,15-,16-/m1/s1. The molecule has 10 nitrogen and oxygen atoms in total. The Bertz CT molecular complexity index is 531. The van der Waals surface area contributed by atoms with Gasteiger partial charge in [0.2, 0.25) is 0 Å². The van der Waals surface area contributed by atoms with Crippen molar-refractivity contribution in [1.82, 2.24) is 0 Å². The van der Waals surface area contributed by atoms with E-state index in [-0.39, 0.29) is 13.2 Å². The summed E-state index contributed by atoms with van der Waals surface area (Å²) >= 11 is 0. The molecule has 0 amide bonds. The smallest absolute Gasteiger partial charge is 0.303 e. The highest BCUT2D eigenvalue weighted by Crippen LogP contribution is 2.29. The summed E-state index contributed by atoms with van der Waals surface area (Å²) in [5, 5.41) is 0. The molecule has 0 bridgehead atoms. The van der Waals surface area contributed by atoms with E-state index in [2.05, 4.69) is 0 Å². The van der Waals surface area contributed by atoms with Gasteiger partial charge < -0.3 is 28.4 Å². The maximum Gasteiger partial charge on any atom is 0.303 e. The van der Waals surface area contributed by atoms with Crippen molar-refractivity contribution in [2.75, 3.05) is 13.2 Å². The van der Waals surface area contributed by atoms with E-state index in [1.54, 1.807) is 6.92 Å². The molecule has 1 saturated heterocycles. The Hall–Kier alpha value is -2.20. The molecule has 1 heterocycles. The fraction of sp³-hybridized carbons (Fsp3) is 0.750. The van der Waals surface area contributed by atoms with Crippen molar-refractivity contribution >= 4 is 23.9 Å². The van der Waals surface area contributed by atoms with Crippen molar-refractivity contribution in [1.29, 1.82) is 0 Å². The first-order valence-corrected chi connectivity index (χ1v) is 8.07. The monoisotopic (exact) mass is 376 g/mol. The Kier molecular flexibility index (Phi) is 8.46. The summed E-state index contributed by atoms with van der Waals surface area (Å²) in [5.41, 5.74) is 0. The maximum atomic E-state index is 11.5. The molecule has 1 aliphatic rings. The van der Waals surface area contributed by atoms with Crippen LogP contribution >= 0.6 is 0 Å². The number of hydrogen-bond donors (Lipinski definition) is 0. The van der Waals surface area contributed by atoms with Gasteiger partial charge in [0.05, 0.1) is 0 Å². The molecule has 0 unspecified atom stereocenters. The van der Waals surface area contributed by atoms with Crippen LogP contribution in [0.1, 0.15) is 34.6 Å². The minimum Gasteiger partial charge on any atom is -0.463 e. The number of carbonyl (C=O) groups excluding carboxylic acids is 4. The number of rotatable bonds is 7. The molecule has 0 spiro atoms. The zero-order chi connectivity index (χ0) is 19.9. The molecule has 0 aromatic carbocycles. The molecule has 1 aliphatic heterocycles. The van der Waals surface area contributed by atoms with Crippen LogP contribution in [-0.2, 0) is 47.6 Å². The van der Waals surface area contributed by atoms with E-state index >= 15 is 0 Å². The van der Waals surface area contributed by atoms with Crippen LogP contribution in [0.4, 0.5) is 0 Å². The predicted octanol–water partition coefficient (Wildman–Crippen LogP) is 0.106. The number of carbonyl (C=O) groups is 4. The van der Waals surface area contributed by atoms with E-state index in [1.165, 1.54) is 13.8 Å². The van der Waals surface area contributed by atoms with Gasteiger partial charge in [-0.3, -0.25) is 19.2 Å². The summed E-state index contributed by atoms with van der Waals surface area (Å²) in [6.45, 7) is 6.29. The molecule has 0 N–H and O–H groups in total. The molecule has 0 aromatic rings. The SMILES string of the molecule is CCO[C@@H]1O[C@H](COC(C)=O)[C@@H](OC(C)=O)[C@H](OC(C)=O)[C@H]1OC(C)=O. The summed E-state index contributed by atoms with van der Waals surface area (Å²) in [6.07, 6.45) is -5.65. The molecule has 1 rings (SSSR count). The summed E-state index contributed by atoms with van der Waals surface area (Å²) in [5.74, 6) is -2.61. The van der Waals surface area contributed by atoms with E-state index in [9.17, 15) is 19.2 Å². The lowest BCUT2D eigenvalue weighted by Crippen LogP contribution is -2.62. The third-order valence-electron chi connectivity index (χ3n) is 3.28. The Labute approximate surface area is 151 Å². The fourth-order valence-corrected chi connectivity index (χ4v) is 2.49. The predicted molar refractivity (Wildman–Crippen MR) is 83.6 cm³/mol. The highest BCUT2D eigenvalue weighted by molar-refractivity contribution is 5.68. The zero-order valence-corrected chi connectivity index (χ0v) is 15.4. The van der Waals surface area contributed by atoms with Crippen LogP contribution in [0.5, 0.6) is 0 Å².